The van der Waals surface area contributed by atoms with E-state index >= 15 is 0 Å². The molecule has 1 aliphatic heterocycles. The zero-order chi connectivity index (χ0) is 31.8. The second kappa shape index (κ2) is 15.6. The summed E-state index contributed by atoms with van der Waals surface area (Å²) in [6.07, 6.45) is 0.954. The molecule has 0 saturated carbocycles. The van der Waals surface area contributed by atoms with Gasteiger partial charge in [-0.3, -0.25) is 5.21 Å². The van der Waals surface area contributed by atoms with E-state index in [1.54, 1.807) is 54.0 Å². The lowest BCUT2D eigenvalue weighted by Crippen LogP contribution is -2.37. The average molecular weight is 692 g/mol. The van der Waals surface area contributed by atoms with Crippen molar-refractivity contribution >= 4 is 39.4 Å². The molecule has 0 radical (unpaired) electrons. The Bertz CT molecular complexity index is 1400. The molecule has 0 aromatic heterocycles. The van der Waals surface area contributed by atoms with Crippen molar-refractivity contribution in [2.75, 3.05) is 46.1 Å². The van der Waals surface area contributed by atoms with Crippen molar-refractivity contribution in [1.29, 1.82) is 0 Å². The summed E-state index contributed by atoms with van der Waals surface area (Å²) in [5, 5.41) is 13.7. The number of methoxy groups -OCH3 is 4. The monoisotopic (exact) mass is 690 g/mol. The van der Waals surface area contributed by atoms with Crippen LogP contribution < -0.4 is 29.0 Å². The predicted octanol–water partition coefficient (Wildman–Crippen LogP) is 7.88. The number of anilines is 1. The Morgan fingerprint density at radius 1 is 0.932 bits per heavy atom. The summed E-state index contributed by atoms with van der Waals surface area (Å²) in [5.41, 5.74) is 2.08. The first kappa shape index (κ1) is 33.6. The van der Waals surface area contributed by atoms with E-state index in [2.05, 4.69) is 21.2 Å². The highest BCUT2D eigenvalue weighted by molar-refractivity contribution is 9.10. The van der Waals surface area contributed by atoms with Crippen LogP contribution in [0.25, 0.3) is 0 Å². The Morgan fingerprint density at radius 3 is 2.00 bits per heavy atom. The van der Waals surface area contributed by atoms with Crippen molar-refractivity contribution in [3.05, 3.63) is 64.1 Å². The van der Waals surface area contributed by atoms with Crippen LogP contribution in [0.5, 0.6) is 28.7 Å². The number of ether oxygens (including phenoxy) is 6. The van der Waals surface area contributed by atoms with Gasteiger partial charge in [-0.1, -0.05) is 15.9 Å². The minimum Gasteiger partial charge on any atom is -0.493 e. The van der Waals surface area contributed by atoms with Gasteiger partial charge in [0, 0.05) is 15.1 Å². The van der Waals surface area contributed by atoms with Gasteiger partial charge in [-0.15, -0.1) is 11.8 Å². The van der Waals surface area contributed by atoms with E-state index in [1.807, 2.05) is 48.5 Å². The number of amides is 2. The average Bonchev–Trinajstić information content (AvgIpc) is 3.53. The summed E-state index contributed by atoms with van der Waals surface area (Å²) in [6.45, 7) is 3.78. The molecule has 3 aromatic rings. The number of hydroxylamine groups is 2. The Labute approximate surface area is 271 Å². The normalized spacial score (nSPS) is 16.0. The molecule has 10 nitrogen and oxygen atoms in total. The lowest BCUT2D eigenvalue weighted by atomic mass is 10.0. The molecule has 1 fully saturated rings. The van der Waals surface area contributed by atoms with Crippen molar-refractivity contribution in [2.24, 2.45) is 0 Å². The molecule has 2 N–H and O–H groups in total. The third kappa shape index (κ3) is 8.03. The van der Waals surface area contributed by atoms with Gasteiger partial charge >= 0.3 is 6.03 Å². The topological polar surface area (TPSA) is 108 Å². The predicted molar refractivity (Wildman–Crippen MR) is 173 cm³/mol. The third-order valence-electron chi connectivity index (χ3n) is 7.10. The van der Waals surface area contributed by atoms with Gasteiger partial charge in [0.05, 0.1) is 59.0 Å². The molecule has 0 aliphatic carbocycles. The lowest BCUT2D eigenvalue weighted by molar-refractivity contribution is -0.0622. The highest BCUT2D eigenvalue weighted by atomic mass is 79.9. The van der Waals surface area contributed by atoms with Crippen LogP contribution in [0.4, 0.5) is 10.5 Å². The van der Waals surface area contributed by atoms with Crippen molar-refractivity contribution in [1.82, 2.24) is 5.06 Å². The molecule has 1 saturated heterocycles. The minimum atomic E-state index is -0.684. The van der Waals surface area contributed by atoms with E-state index in [0.717, 1.165) is 33.3 Å². The standard InChI is InChI=1S/C32H39BrN2O8S/c1-19(2)35(37)32(36)34-24-15-20(16-27(38-3)30(24)42-13-14-44-23-9-7-22(33)8-10-23)25-11-12-26(43-25)21-17-28(39-4)31(41-6)29(18-21)40-5/h7-10,15-19,25-26,37H,11-14H2,1-6H3,(H,34,36). The van der Waals surface area contributed by atoms with Crippen LogP contribution in [0, 0.1) is 0 Å². The summed E-state index contributed by atoms with van der Waals surface area (Å²) >= 11 is 5.11. The van der Waals surface area contributed by atoms with Gasteiger partial charge in [-0.05, 0) is 86.3 Å². The smallest absolute Gasteiger partial charge is 0.345 e. The fourth-order valence-corrected chi connectivity index (χ4v) is 5.85. The Hall–Kier alpha value is -3.32. The largest absolute Gasteiger partial charge is 0.493 e. The third-order valence-corrected chi connectivity index (χ3v) is 8.60. The molecule has 0 bridgehead atoms. The first-order chi connectivity index (χ1) is 21.2. The summed E-state index contributed by atoms with van der Waals surface area (Å²) in [5.74, 6) is 3.11. The number of thioether (sulfide) groups is 1. The zero-order valence-electron chi connectivity index (χ0n) is 25.7. The van der Waals surface area contributed by atoms with Gasteiger partial charge in [0.25, 0.3) is 0 Å². The molecule has 238 valence electrons. The molecule has 1 aliphatic rings. The SMILES string of the molecule is COc1cc(C2CCC(c3cc(OC)c(OC)c(OC)c3)O2)cc(NC(=O)N(O)C(C)C)c1OCCSc1ccc(Br)cc1. The summed E-state index contributed by atoms with van der Waals surface area (Å²) in [7, 11) is 6.28. The van der Waals surface area contributed by atoms with E-state index < -0.39 is 12.1 Å². The summed E-state index contributed by atoms with van der Waals surface area (Å²) in [6, 6.07) is 14.4. The number of rotatable bonds is 13. The number of carbonyl (C=O) groups is 1. The van der Waals surface area contributed by atoms with Crippen LogP contribution in [0.2, 0.25) is 0 Å². The molecule has 1 heterocycles. The van der Waals surface area contributed by atoms with Gasteiger partial charge in [0.15, 0.2) is 23.0 Å². The molecule has 44 heavy (non-hydrogen) atoms. The number of hydrogen-bond acceptors (Lipinski definition) is 9. The van der Waals surface area contributed by atoms with Crippen LogP contribution in [0.1, 0.15) is 50.0 Å². The molecular weight excluding hydrogens is 652 g/mol. The first-order valence-corrected chi connectivity index (χ1v) is 15.9. The Kier molecular flexibility index (Phi) is 11.9. The van der Waals surface area contributed by atoms with Gasteiger partial charge in [0.1, 0.15) is 0 Å². The van der Waals surface area contributed by atoms with Crippen molar-refractivity contribution in [3.63, 3.8) is 0 Å². The molecule has 4 rings (SSSR count). The van der Waals surface area contributed by atoms with Gasteiger partial charge in [0.2, 0.25) is 5.75 Å². The second-order valence-corrected chi connectivity index (χ2v) is 12.4. The quantitative estimate of drug-likeness (QED) is 0.0801. The molecule has 3 aromatic carbocycles. The van der Waals surface area contributed by atoms with Crippen LogP contribution >= 0.6 is 27.7 Å². The maximum absolute atomic E-state index is 12.9. The second-order valence-electron chi connectivity index (χ2n) is 10.3. The van der Waals surface area contributed by atoms with Crippen LogP contribution in [0.3, 0.4) is 0 Å². The fraction of sp³-hybridized carbons (Fsp3) is 0.406. The molecule has 0 spiro atoms. The van der Waals surface area contributed by atoms with Crippen LogP contribution in [-0.2, 0) is 4.74 Å². The number of benzene rings is 3. The van der Waals surface area contributed by atoms with Crippen molar-refractivity contribution in [3.8, 4) is 28.7 Å². The van der Waals surface area contributed by atoms with Crippen molar-refractivity contribution < 1.29 is 38.4 Å². The van der Waals surface area contributed by atoms with Crippen LogP contribution in [-0.4, -0.2) is 63.1 Å². The fourth-order valence-electron chi connectivity index (χ4n) is 4.86. The minimum absolute atomic E-state index is 0.224. The molecule has 2 atom stereocenters. The van der Waals surface area contributed by atoms with Crippen LogP contribution in [0.15, 0.2) is 57.9 Å². The number of nitrogens with one attached hydrogen (secondary N) is 1. The molecular formula is C32H39BrN2O8S. The summed E-state index contributed by atoms with van der Waals surface area (Å²) < 4.78 is 36.0. The Morgan fingerprint density at radius 2 is 1.48 bits per heavy atom. The first-order valence-electron chi connectivity index (χ1n) is 14.2. The lowest BCUT2D eigenvalue weighted by Gasteiger charge is -2.23. The number of hydrogen-bond donors (Lipinski definition) is 2. The summed E-state index contributed by atoms with van der Waals surface area (Å²) in [4.78, 5) is 14.0. The van der Waals surface area contributed by atoms with Gasteiger partial charge < -0.3 is 33.7 Å². The number of carbonyl (C=O) groups excluding carboxylic acids is 1. The van der Waals surface area contributed by atoms with E-state index in [9.17, 15) is 10.0 Å². The van der Waals surface area contributed by atoms with E-state index in [1.165, 1.54) is 0 Å². The number of halogens is 1. The van der Waals surface area contributed by atoms with Gasteiger partial charge in [-0.25, -0.2) is 9.86 Å². The zero-order valence-corrected chi connectivity index (χ0v) is 28.1. The van der Waals surface area contributed by atoms with E-state index in [-0.39, 0.29) is 12.2 Å². The molecule has 12 heteroatoms. The van der Waals surface area contributed by atoms with Gasteiger partial charge in [-0.2, -0.15) is 0 Å². The number of nitrogens with zero attached hydrogens (tertiary/aromatic N) is 1. The van der Waals surface area contributed by atoms with Crippen molar-refractivity contribution in [2.45, 2.75) is 49.8 Å². The Balaban J connectivity index is 1.58. The number of urea groups is 1. The molecule has 2 amide bonds. The maximum atomic E-state index is 12.9. The van der Waals surface area contributed by atoms with E-state index in [4.69, 9.17) is 28.4 Å². The van der Waals surface area contributed by atoms with E-state index in [0.29, 0.717) is 51.9 Å². The highest BCUT2D eigenvalue weighted by Crippen LogP contribution is 2.48. The maximum Gasteiger partial charge on any atom is 0.345 e. The molecule has 2 unspecified atom stereocenters. The highest BCUT2D eigenvalue weighted by Gasteiger charge is 2.31.